The van der Waals surface area contributed by atoms with Crippen molar-refractivity contribution >= 4 is 80.9 Å². The lowest BCUT2D eigenvalue weighted by atomic mass is 9.83. The number of nitrogens with zero attached hydrogens (tertiary/aromatic N) is 9. The van der Waals surface area contributed by atoms with E-state index < -0.39 is 43.4 Å². The van der Waals surface area contributed by atoms with Crippen LogP contribution in [0, 0.1) is 5.92 Å². The van der Waals surface area contributed by atoms with Crippen molar-refractivity contribution in [2.24, 2.45) is 13.0 Å². The van der Waals surface area contributed by atoms with E-state index in [2.05, 4.69) is 52.7 Å². The fraction of sp³-hybridized carbons (Fsp3) is 0.485. The van der Waals surface area contributed by atoms with E-state index in [9.17, 15) is 19.2 Å². The molecule has 1 unspecified atom stereocenters. The fourth-order valence-electron chi connectivity index (χ4n) is 12.7. The molecule has 22 heteroatoms. The first-order valence-corrected chi connectivity index (χ1v) is 35.4. The summed E-state index contributed by atoms with van der Waals surface area (Å²) in [7, 11) is 0.465. The number of piperazine rings is 1. The van der Waals surface area contributed by atoms with Crippen LogP contribution in [-0.4, -0.2) is 125 Å². The van der Waals surface area contributed by atoms with E-state index in [0.29, 0.717) is 79.4 Å². The SMILES string of the molecule is C[C@H](CCC1CCC(Oc2cccc(-c3ccc(N4CCc5ccnc(C(=O)N(COCC[Si](C)(C)C)c6nc7ccccc7s6)c5C4)nc3C(=O)OC(C)(C)C)c2C(F)(F)F)CC1)N1CCN(c2cccc3c(C4CCC(=O)NC4=O)nn(C)c23)CC1. The Kier molecular flexibility index (Phi) is 18.2. The van der Waals surface area contributed by atoms with E-state index >= 15 is 13.2 Å². The second-order valence-corrected chi connectivity index (χ2v) is 32.8. The van der Waals surface area contributed by atoms with Crippen molar-refractivity contribution in [1.29, 1.82) is 0 Å². The molecule has 4 aromatic heterocycles. The van der Waals surface area contributed by atoms with Crippen LogP contribution in [0.2, 0.25) is 25.7 Å². The highest BCUT2D eigenvalue weighted by Gasteiger charge is 2.41. The summed E-state index contributed by atoms with van der Waals surface area (Å²) in [5, 5.41) is 8.68. The van der Waals surface area contributed by atoms with Crippen molar-refractivity contribution in [3.05, 3.63) is 119 Å². The highest BCUT2D eigenvalue weighted by atomic mass is 32.1. The summed E-state index contributed by atoms with van der Waals surface area (Å²) in [6, 6.07) is 24.3. The summed E-state index contributed by atoms with van der Waals surface area (Å²) < 4.78 is 68.2. The monoisotopic (exact) mass is 1240 g/mol. The number of para-hydroxylation sites is 2. The van der Waals surface area contributed by atoms with Crippen molar-refractivity contribution in [2.45, 2.75) is 148 Å². The zero-order valence-electron chi connectivity index (χ0n) is 51.5. The summed E-state index contributed by atoms with van der Waals surface area (Å²) in [5.41, 5.74) is 2.77. The number of esters is 1. The Morgan fingerprint density at radius 2 is 1.60 bits per heavy atom. The molecule has 1 N–H and O–H groups in total. The van der Waals surface area contributed by atoms with Crippen LogP contribution in [0.5, 0.6) is 5.75 Å². The van der Waals surface area contributed by atoms with E-state index in [1.165, 1.54) is 40.5 Å². The van der Waals surface area contributed by atoms with Crippen LogP contribution in [0.1, 0.15) is 128 Å². The normalized spacial score (nSPS) is 19.2. The lowest BCUT2D eigenvalue weighted by molar-refractivity contribution is -0.139. The third kappa shape index (κ3) is 13.9. The number of amides is 3. The van der Waals surface area contributed by atoms with Crippen LogP contribution in [-0.2, 0) is 45.3 Å². The molecule has 11 rings (SSSR count). The number of benzene rings is 3. The number of ether oxygens (including phenoxy) is 3. The van der Waals surface area contributed by atoms with Crippen LogP contribution < -0.4 is 24.8 Å². The third-order valence-electron chi connectivity index (χ3n) is 17.5. The smallest absolute Gasteiger partial charge is 0.420 e. The molecule has 3 aromatic carbocycles. The number of aromatic nitrogens is 5. The first kappa shape index (κ1) is 62.3. The van der Waals surface area contributed by atoms with Gasteiger partial charge in [-0.05, 0) is 139 Å². The van der Waals surface area contributed by atoms with Crippen LogP contribution in [0.25, 0.3) is 32.2 Å². The average molecular weight is 1240 g/mol. The second kappa shape index (κ2) is 25.7. The van der Waals surface area contributed by atoms with Gasteiger partial charge in [-0.25, -0.2) is 14.8 Å². The number of nitrogens with one attached hydrogen (secondary N) is 1. The number of rotatable bonds is 18. The molecule has 1 saturated carbocycles. The summed E-state index contributed by atoms with van der Waals surface area (Å²) in [5.74, 6) is -1.83. The van der Waals surface area contributed by atoms with Gasteiger partial charge in [0.2, 0.25) is 11.8 Å². The number of alkyl halides is 3. The number of thiazole rings is 1. The molecule has 1 aliphatic carbocycles. The van der Waals surface area contributed by atoms with Gasteiger partial charge in [0.05, 0.1) is 39.1 Å². The van der Waals surface area contributed by atoms with Crippen molar-refractivity contribution in [1.82, 2.24) is 34.9 Å². The van der Waals surface area contributed by atoms with Crippen LogP contribution in [0.3, 0.4) is 0 Å². The topological polar surface area (TPSA) is 177 Å². The van der Waals surface area contributed by atoms with Gasteiger partial charge in [0.25, 0.3) is 5.91 Å². The molecule has 466 valence electrons. The number of piperidine rings is 1. The van der Waals surface area contributed by atoms with E-state index in [1.807, 2.05) is 59.1 Å². The van der Waals surface area contributed by atoms with Crippen molar-refractivity contribution < 1.29 is 46.6 Å². The number of hydrogen-bond donors (Lipinski definition) is 1. The zero-order chi connectivity index (χ0) is 62.2. The van der Waals surface area contributed by atoms with Gasteiger partial charge in [-0.15, -0.1) is 0 Å². The number of carbonyl (C=O) groups excluding carboxylic acids is 4. The number of carbonyl (C=O) groups is 4. The number of halogens is 3. The largest absolute Gasteiger partial charge is 0.490 e. The van der Waals surface area contributed by atoms with Crippen molar-refractivity contribution in [2.75, 3.05) is 60.8 Å². The highest BCUT2D eigenvalue weighted by molar-refractivity contribution is 7.22. The van der Waals surface area contributed by atoms with Crippen LogP contribution in [0.15, 0.2) is 85.1 Å². The first-order chi connectivity index (χ1) is 42.0. The molecule has 7 aromatic rings. The number of fused-ring (bicyclic) bond motifs is 3. The Hall–Kier alpha value is -7.27. The Morgan fingerprint density at radius 1 is 0.841 bits per heavy atom. The number of anilines is 3. The summed E-state index contributed by atoms with van der Waals surface area (Å²) in [4.78, 5) is 76.5. The maximum absolute atomic E-state index is 15.7. The standard InChI is InChI=1S/C66H79F3N10O7SSi/c1-41(76-33-35-77(36-34-76)51-16-11-14-47-57(74-75(5)60(47)51)48-26-28-55(80)73-61(48)81)19-20-42-21-23-44(24-22-42)85-52-17-12-13-45(56(52)66(67,68)69)46-25-27-54(72-59(46)63(83)86-65(2,3)4)78-32-30-43-29-31-70-58(49(43)39-78)62(82)79(40-84-37-38-88(6,7)8)64-71-50-15-9-10-18-53(50)87-64/h9-18,25,27,29,31,41-42,44,48H,19-24,26,28,30,32-40H2,1-8H3,(H,73,80,81)/t41-,42?,44?,48?/m1/s1. The quantitative estimate of drug-likeness (QED) is 0.0282. The van der Waals surface area contributed by atoms with Gasteiger partial charge in [0, 0.05) is 102 Å². The number of aryl methyl sites for hydroxylation is 1. The van der Waals surface area contributed by atoms with Gasteiger partial charge < -0.3 is 24.0 Å². The molecule has 2 saturated heterocycles. The third-order valence-corrected chi connectivity index (χ3v) is 20.3. The number of hydrogen-bond acceptors (Lipinski definition) is 15. The lowest BCUT2D eigenvalue weighted by Crippen LogP contribution is -2.49. The number of pyridine rings is 2. The maximum atomic E-state index is 15.7. The highest BCUT2D eigenvalue weighted by Crippen LogP contribution is 2.46. The Balaban J connectivity index is 0.756. The van der Waals surface area contributed by atoms with E-state index in [-0.39, 0.29) is 59.3 Å². The van der Waals surface area contributed by atoms with Crippen LogP contribution in [0.4, 0.5) is 29.8 Å². The molecule has 88 heavy (non-hydrogen) atoms. The molecule has 3 aliphatic heterocycles. The minimum atomic E-state index is -4.87. The van der Waals surface area contributed by atoms with Gasteiger partial charge in [-0.2, -0.15) is 18.3 Å². The lowest BCUT2D eigenvalue weighted by Gasteiger charge is -2.40. The van der Waals surface area contributed by atoms with Gasteiger partial charge in [0.15, 0.2) is 10.8 Å². The molecular weight excluding hydrogens is 1160 g/mol. The molecule has 7 heterocycles. The predicted octanol–water partition coefficient (Wildman–Crippen LogP) is 12.6. The number of imide groups is 1. The second-order valence-electron chi connectivity index (χ2n) is 26.2. The molecule has 0 bridgehead atoms. The van der Waals surface area contributed by atoms with Crippen LogP contribution >= 0.6 is 11.3 Å². The molecule has 2 atom stereocenters. The van der Waals surface area contributed by atoms with E-state index in [1.54, 1.807) is 33.0 Å². The molecule has 4 aliphatic rings. The Labute approximate surface area is 516 Å². The summed E-state index contributed by atoms with van der Waals surface area (Å²) in [6.07, 6.45) is 2.44. The van der Waals surface area contributed by atoms with E-state index in [4.69, 9.17) is 29.3 Å². The predicted molar refractivity (Wildman–Crippen MR) is 339 cm³/mol. The molecular formula is C66H79F3N10O7SSi. The average Bonchev–Trinajstić information content (AvgIpc) is 1.98. The minimum Gasteiger partial charge on any atom is -0.490 e. The zero-order valence-corrected chi connectivity index (χ0v) is 53.4. The fourth-order valence-corrected chi connectivity index (χ4v) is 14.5. The summed E-state index contributed by atoms with van der Waals surface area (Å²) >= 11 is 1.39. The Morgan fingerprint density at radius 3 is 2.33 bits per heavy atom. The minimum absolute atomic E-state index is 0.0245. The molecule has 3 amide bonds. The maximum Gasteiger partial charge on any atom is 0.420 e. The Bertz CT molecular complexity index is 3700. The van der Waals surface area contributed by atoms with Crippen molar-refractivity contribution in [3.63, 3.8) is 0 Å². The van der Waals surface area contributed by atoms with E-state index in [0.717, 1.165) is 90.3 Å². The molecule has 0 spiro atoms. The van der Waals surface area contributed by atoms with Gasteiger partial charge in [0.1, 0.15) is 35.2 Å². The first-order valence-electron chi connectivity index (χ1n) is 30.8. The summed E-state index contributed by atoms with van der Waals surface area (Å²) in [6.45, 7) is 18.7. The van der Waals surface area contributed by atoms with Gasteiger partial charge in [-0.3, -0.25) is 39.2 Å². The van der Waals surface area contributed by atoms with Gasteiger partial charge in [-0.1, -0.05) is 67.4 Å². The van der Waals surface area contributed by atoms with Gasteiger partial charge >= 0.3 is 12.1 Å². The van der Waals surface area contributed by atoms with Crippen molar-refractivity contribution in [3.8, 4) is 16.9 Å². The molecule has 0 radical (unpaired) electrons. The molecule has 3 fully saturated rings. The molecule has 17 nitrogen and oxygen atoms in total.